The van der Waals surface area contributed by atoms with E-state index in [2.05, 4.69) is 26.8 Å². The fourth-order valence-corrected chi connectivity index (χ4v) is 6.03. The Balaban J connectivity index is 2.20. The van der Waals surface area contributed by atoms with E-state index in [4.69, 9.17) is 11.6 Å². The molecule has 0 saturated heterocycles. The molecule has 0 spiro atoms. The average Bonchev–Trinajstić information content (AvgIpc) is 2.94. The maximum atomic E-state index is 13.8. The van der Waals surface area contributed by atoms with Gasteiger partial charge in [0, 0.05) is 11.1 Å². The van der Waals surface area contributed by atoms with Crippen LogP contribution in [-0.4, -0.2) is 18.8 Å². The van der Waals surface area contributed by atoms with Crippen molar-refractivity contribution in [2.75, 3.05) is 0 Å². The van der Waals surface area contributed by atoms with E-state index in [1.165, 1.54) is 0 Å². The summed E-state index contributed by atoms with van der Waals surface area (Å²) >= 11 is 6.05. The van der Waals surface area contributed by atoms with Gasteiger partial charge in [0.15, 0.2) is 0 Å². The topological polar surface area (TPSA) is 37.4 Å². The normalized spacial score (nSPS) is 21.3. The van der Waals surface area contributed by atoms with E-state index in [0.29, 0.717) is 9.92 Å². The highest BCUT2D eigenvalue weighted by Crippen LogP contribution is 2.46. The molecule has 0 fully saturated rings. The Kier molecular flexibility index (Phi) is 5.28. The molecule has 0 aliphatic carbocycles. The molecule has 144 valence electrons. The Morgan fingerprint density at radius 1 is 0.963 bits per heavy atom. The Morgan fingerprint density at radius 3 is 2.11 bits per heavy atom. The second-order valence-corrected chi connectivity index (χ2v) is 10.5. The minimum absolute atomic E-state index is 0.234. The molecule has 3 nitrogen and oxygen atoms in total. The Bertz CT molecular complexity index is 972. The summed E-state index contributed by atoms with van der Waals surface area (Å²) < 4.78 is 29.2. The number of sulfonamides is 1. The zero-order valence-electron chi connectivity index (χ0n) is 16.4. The van der Waals surface area contributed by atoms with Crippen LogP contribution >= 0.6 is 11.6 Å². The van der Waals surface area contributed by atoms with Gasteiger partial charge in [-0.25, -0.2) is 8.42 Å². The first-order valence-corrected chi connectivity index (χ1v) is 10.9. The van der Waals surface area contributed by atoms with Gasteiger partial charge in [-0.2, -0.15) is 4.31 Å². The molecule has 0 radical (unpaired) electrons. The third-order valence-electron chi connectivity index (χ3n) is 5.10. The first kappa shape index (κ1) is 20.1. The third-order valence-corrected chi connectivity index (χ3v) is 7.36. The van der Waals surface area contributed by atoms with Crippen molar-refractivity contribution in [1.29, 1.82) is 0 Å². The number of halogens is 1. The van der Waals surface area contributed by atoms with Gasteiger partial charge in [-0.1, -0.05) is 74.4 Å². The van der Waals surface area contributed by atoms with Gasteiger partial charge in [0.1, 0.15) is 0 Å². The van der Waals surface area contributed by atoms with E-state index in [9.17, 15) is 8.42 Å². The fourth-order valence-electron chi connectivity index (χ4n) is 3.71. The summed E-state index contributed by atoms with van der Waals surface area (Å²) in [7, 11) is -3.69. The number of aryl methyl sites for hydroxylation is 1. The Morgan fingerprint density at radius 2 is 1.56 bits per heavy atom. The lowest BCUT2D eigenvalue weighted by Gasteiger charge is -2.37. The molecule has 3 rings (SSSR count). The quantitative estimate of drug-likeness (QED) is 0.611. The number of hydrogen-bond donors (Lipinski definition) is 0. The summed E-state index contributed by atoms with van der Waals surface area (Å²) in [5, 5.41) is 0.638. The molecule has 27 heavy (non-hydrogen) atoms. The van der Waals surface area contributed by atoms with E-state index in [1.54, 1.807) is 16.4 Å². The van der Waals surface area contributed by atoms with E-state index in [0.717, 1.165) is 16.7 Å². The van der Waals surface area contributed by atoms with Crippen LogP contribution in [0.15, 0.2) is 65.1 Å². The second kappa shape index (κ2) is 7.08. The predicted octanol–water partition coefficient (Wildman–Crippen LogP) is 5.76. The summed E-state index contributed by atoms with van der Waals surface area (Å²) in [5.74, 6) is 0. The average molecular weight is 404 g/mol. The lowest BCUT2D eigenvalue weighted by molar-refractivity contribution is 0.211. The van der Waals surface area contributed by atoms with E-state index in [1.807, 2.05) is 50.2 Å². The van der Waals surface area contributed by atoms with E-state index >= 15 is 0 Å². The van der Waals surface area contributed by atoms with Crippen LogP contribution in [0.2, 0.25) is 5.02 Å². The van der Waals surface area contributed by atoms with Gasteiger partial charge < -0.3 is 0 Å². The van der Waals surface area contributed by atoms with Gasteiger partial charge in [-0.05, 0) is 48.6 Å². The van der Waals surface area contributed by atoms with Crippen molar-refractivity contribution in [3.8, 4) is 0 Å². The molecule has 2 atom stereocenters. The van der Waals surface area contributed by atoms with Crippen LogP contribution in [0.4, 0.5) is 0 Å². The number of hydrogen-bond acceptors (Lipinski definition) is 2. The van der Waals surface area contributed by atoms with Crippen molar-refractivity contribution in [3.05, 3.63) is 76.3 Å². The Labute approximate surface area is 167 Å². The largest absolute Gasteiger partial charge is 0.244 e. The van der Waals surface area contributed by atoms with Crippen molar-refractivity contribution in [3.63, 3.8) is 0 Å². The fraction of sp³-hybridized carbons (Fsp3) is 0.364. The number of rotatable bonds is 3. The van der Waals surface area contributed by atoms with Gasteiger partial charge in [-0.15, -0.1) is 0 Å². The van der Waals surface area contributed by atoms with Crippen molar-refractivity contribution < 1.29 is 8.42 Å². The first-order valence-electron chi connectivity index (χ1n) is 9.06. The SMILES string of the molecule is CC1=C[C@@H](C(C)(C)C)N(S(=O)(=O)c2ccccc2C)[C@H]1c1ccc(Cl)cc1. The minimum Gasteiger partial charge on any atom is -0.207 e. The van der Waals surface area contributed by atoms with Crippen molar-refractivity contribution in [2.45, 2.75) is 51.6 Å². The maximum Gasteiger partial charge on any atom is 0.244 e. The van der Waals surface area contributed by atoms with Gasteiger partial charge in [-0.3, -0.25) is 0 Å². The molecule has 0 N–H and O–H groups in total. The van der Waals surface area contributed by atoms with E-state index < -0.39 is 10.0 Å². The number of nitrogens with zero attached hydrogens (tertiary/aromatic N) is 1. The van der Waals surface area contributed by atoms with Crippen LogP contribution in [0.1, 0.15) is 44.9 Å². The lowest BCUT2D eigenvalue weighted by atomic mass is 9.87. The maximum absolute atomic E-state index is 13.8. The molecule has 0 aromatic heterocycles. The first-order chi connectivity index (χ1) is 12.5. The molecule has 1 heterocycles. The summed E-state index contributed by atoms with van der Waals surface area (Å²) in [6, 6.07) is 14.0. The molecule has 2 aromatic carbocycles. The predicted molar refractivity (Wildman–Crippen MR) is 111 cm³/mol. The molecule has 0 saturated carbocycles. The summed E-state index contributed by atoms with van der Waals surface area (Å²) in [4.78, 5) is 0.362. The lowest BCUT2D eigenvalue weighted by Crippen LogP contribution is -2.45. The van der Waals surface area contributed by atoms with Crippen LogP contribution in [0, 0.1) is 12.3 Å². The second-order valence-electron chi connectivity index (χ2n) is 8.28. The highest BCUT2D eigenvalue weighted by Gasteiger charge is 2.46. The Hall–Kier alpha value is -1.62. The minimum atomic E-state index is -3.69. The van der Waals surface area contributed by atoms with Gasteiger partial charge in [0.25, 0.3) is 0 Å². The molecule has 0 bridgehead atoms. The van der Waals surface area contributed by atoms with Crippen LogP contribution in [-0.2, 0) is 10.0 Å². The summed E-state index contributed by atoms with van der Waals surface area (Å²) in [6.07, 6.45) is 2.09. The standard InChI is InChI=1S/C22H26ClNO2S/c1-15-8-6-7-9-19(15)27(25,26)24-20(22(3,4)5)14-16(2)21(24)17-10-12-18(23)13-11-17/h6-14,20-21H,1-5H3/t20-,21+/m0/s1. The third kappa shape index (κ3) is 3.71. The molecule has 1 aliphatic heterocycles. The molecule has 0 unspecified atom stereocenters. The highest BCUT2D eigenvalue weighted by atomic mass is 35.5. The van der Waals surface area contributed by atoms with Crippen LogP contribution in [0.3, 0.4) is 0 Å². The highest BCUT2D eigenvalue weighted by molar-refractivity contribution is 7.89. The molecular formula is C22H26ClNO2S. The zero-order chi connectivity index (χ0) is 20.0. The molecule has 5 heteroatoms. The van der Waals surface area contributed by atoms with Gasteiger partial charge in [0.05, 0.1) is 10.9 Å². The van der Waals surface area contributed by atoms with Crippen LogP contribution in [0.5, 0.6) is 0 Å². The van der Waals surface area contributed by atoms with Crippen molar-refractivity contribution >= 4 is 21.6 Å². The molecule has 1 aliphatic rings. The van der Waals surface area contributed by atoms with Crippen LogP contribution < -0.4 is 0 Å². The molecular weight excluding hydrogens is 378 g/mol. The zero-order valence-corrected chi connectivity index (χ0v) is 18.0. The van der Waals surface area contributed by atoms with Gasteiger partial charge in [0.2, 0.25) is 10.0 Å². The van der Waals surface area contributed by atoms with Crippen molar-refractivity contribution in [2.24, 2.45) is 5.41 Å². The van der Waals surface area contributed by atoms with Crippen LogP contribution in [0.25, 0.3) is 0 Å². The summed E-state index contributed by atoms with van der Waals surface area (Å²) in [5.41, 5.74) is 2.48. The number of benzene rings is 2. The summed E-state index contributed by atoms with van der Waals surface area (Å²) in [6.45, 7) is 10.1. The van der Waals surface area contributed by atoms with Gasteiger partial charge >= 0.3 is 0 Å². The molecule has 2 aromatic rings. The monoisotopic (exact) mass is 403 g/mol. The van der Waals surface area contributed by atoms with Crippen molar-refractivity contribution in [1.82, 2.24) is 4.31 Å². The smallest absolute Gasteiger partial charge is 0.207 e. The van der Waals surface area contributed by atoms with E-state index in [-0.39, 0.29) is 17.5 Å². The molecule has 0 amide bonds.